The normalized spacial score (nSPS) is 21.2. The Morgan fingerprint density at radius 1 is 1.08 bits per heavy atom. The molecule has 3 aromatic rings. The molecule has 2 aliphatic rings. The van der Waals surface area contributed by atoms with E-state index in [0.29, 0.717) is 36.7 Å². The number of aliphatic hydroxyl groups is 2. The summed E-state index contributed by atoms with van der Waals surface area (Å²) in [5.41, 5.74) is 1.97. The van der Waals surface area contributed by atoms with Crippen LogP contribution in [0.3, 0.4) is 0 Å². The molecule has 0 bridgehead atoms. The lowest BCUT2D eigenvalue weighted by Gasteiger charge is -2.28. The van der Waals surface area contributed by atoms with Crippen molar-refractivity contribution in [2.24, 2.45) is 11.8 Å². The van der Waals surface area contributed by atoms with Crippen molar-refractivity contribution in [3.8, 4) is 5.75 Å². The van der Waals surface area contributed by atoms with Crippen LogP contribution < -0.4 is 24.6 Å². The van der Waals surface area contributed by atoms with Crippen molar-refractivity contribution in [2.75, 3.05) is 43.0 Å². The second kappa shape index (κ2) is 15.0. The summed E-state index contributed by atoms with van der Waals surface area (Å²) in [7, 11) is -0.578. The van der Waals surface area contributed by atoms with Crippen LogP contribution in [-0.2, 0) is 16.4 Å². The Hall–Kier alpha value is -3.85. The minimum absolute atomic E-state index is 0.0474. The number of nitrogens with zero attached hydrogens (tertiary/aromatic N) is 3. The number of nitrogens with one attached hydrogen (secondary N) is 2. The second-order valence-corrected chi connectivity index (χ2v) is 15.9. The van der Waals surface area contributed by atoms with Crippen molar-refractivity contribution in [1.29, 1.82) is 0 Å². The van der Waals surface area contributed by atoms with Crippen molar-refractivity contribution in [1.82, 2.24) is 15.6 Å². The van der Waals surface area contributed by atoms with E-state index in [2.05, 4.69) is 22.5 Å². The smallest absolute Gasteiger partial charge is 0.251 e. The van der Waals surface area contributed by atoms with E-state index in [0.717, 1.165) is 34.0 Å². The first-order valence-corrected chi connectivity index (χ1v) is 17.9. The molecular weight excluding hydrogens is 656 g/mol. The van der Waals surface area contributed by atoms with Gasteiger partial charge in [-0.1, -0.05) is 31.2 Å². The molecule has 1 fully saturated rings. The zero-order valence-electron chi connectivity index (χ0n) is 28.3. The number of fused-ring (bicyclic) bond motifs is 1. The summed E-state index contributed by atoms with van der Waals surface area (Å²) in [4.78, 5) is 20.4. The van der Waals surface area contributed by atoms with Crippen LogP contribution in [0.1, 0.15) is 54.7 Å². The maximum Gasteiger partial charge on any atom is 0.251 e. The SMILES string of the molecule is CC(C)S(=O)(=O)N(C)c1cc(C(=O)N[C@@H](COc2cc(F)cc(F)c2)[C@H](O)CN[C@@H]2c3ccccc3C[C@H]2O)cc(N(C)C[C@H]2C[C@@H]2C)n1. The molecule has 2 aromatic carbocycles. The molecule has 1 saturated carbocycles. The minimum atomic E-state index is -3.79. The average molecular weight is 702 g/mol. The van der Waals surface area contributed by atoms with E-state index in [1.165, 1.54) is 13.1 Å². The van der Waals surface area contributed by atoms with Crippen LogP contribution in [0.25, 0.3) is 0 Å². The number of carbonyl (C=O) groups is 1. The molecule has 0 aliphatic heterocycles. The number of amides is 1. The zero-order valence-corrected chi connectivity index (χ0v) is 29.1. The Kier molecular flexibility index (Phi) is 11.1. The molecule has 0 spiro atoms. The van der Waals surface area contributed by atoms with Gasteiger partial charge in [0.2, 0.25) is 10.0 Å². The van der Waals surface area contributed by atoms with Gasteiger partial charge in [0.05, 0.1) is 29.5 Å². The molecule has 4 N–H and O–H groups in total. The number of carbonyl (C=O) groups excluding carboxylic acids is 1. The van der Waals surface area contributed by atoms with Crippen LogP contribution in [0.15, 0.2) is 54.6 Å². The number of aromatic nitrogens is 1. The van der Waals surface area contributed by atoms with Crippen LogP contribution in [0.2, 0.25) is 0 Å². The molecule has 0 radical (unpaired) electrons. The van der Waals surface area contributed by atoms with Gasteiger partial charge in [-0.05, 0) is 55.4 Å². The first kappa shape index (κ1) is 36.4. The largest absolute Gasteiger partial charge is 0.491 e. The van der Waals surface area contributed by atoms with E-state index in [1.54, 1.807) is 19.9 Å². The Balaban J connectivity index is 1.40. The van der Waals surface area contributed by atoms with E-state index in [-0.39, 0.29) is 30.3 Å². The molecule has 14 heteroatoms. The van der Waals surface area contributed by atoms with Gasteiger partial charge < -0.3 is 30.5 Å². The lowest BCUT2D eigenvalue weighted by atomic mass is 10.1. The number of pyridine rings is 1. The predicted octanol–water partition coefficient (Wildman–Crippen LogP) is 3.41. The van der Waals surface area contributed by atoms with Crippen LogP contribution in [-0.4, -0.2) is 86.8 Å². The summed E-state index contributed by atoms with van der Waals surface area (Å²) in [6.07, 6.45) is -0.510. The third-order valence-electron chi connectivity index (χ3n) is 9.33. The number of anilines is 2. The molecule has 1 amide bonds. The van der Waals surface area contributed by atoms with Gasteiger partial charge >= 0.3 is 0 Å². The highest BCUT2D eigenvalue weighted by Crippen LogP contribution is 2.39. The fraction of sp³-hybridized carbons (Fsp3) is 0.486. The molecule has 266 valence electrons. The number of hydrogen-bond donors (Lipinski definition) is 4. The molecule has 49 heavy (non-hydrogen) atoms. The van der Waals surface area contributed by atoms with Gasteiger partial charge in [-0.15, -0.1) is 0 Å². The number of sulfonamides is 1. The lowest BCUT2D eigenvalue weighted by Crippen LogP contribution is -2.51. The van der Waals surface area contributed by atoms with Crippen LogP contribution in [0.4, 0.5) is 20.4 Å². The fourth-order valence-corrected chi connectivity index (χ4v) is 7.03. The van der Waals surface area contributed by atoms with Gasteiger partial charge in [0.15, 0.2) is 0 Å². The van der Waals surface area contributed by atoms with Crippen LogP contribution in [0.5, 0.6) is 5.75 Å². The minimum Gasteiger partial charge on any atom is -0.491 e. The van der Waals surface area contributed by atoms with Crippen molar-refractivity contribution < 1.29 is 36.9 Å². The number of ether oxygens (including phenoxy) is 1. The Morgan fingerprint density at radius 2 is 1.73 bits per heavy atom. The third-order valence-corrected chi connectivity index (χ3v) is 11.5. The number of rotatable bonds is 15. The van der Waals surface area contributed by atoms with Crippen molar-refractivity contribution in [3.05, 3.63) is 82.9 Å². The van der Waals surface area contributed by atoms with E-state index in [9.17, 15) is 32.2 Å². The lowest BCUT2D eigenvalue weighted by molar-refractivity contribution is 0.0679. The number of halogens is 2. The molecule has 0 saturated heterocycles. The highest BCUT2D eigenvalue weighted by Gasteiger charge is 2.35. The molecule has 2 aliphatic carbocycles. The molecule has 5 rings (SSSR count). The zero-order chi connectivity index (χ0) is 35.6. The average Bonchev–Trinajstić information content (AvgIpc) is 3.64. The number of benzene rings is 2. The molecular formula is C35H45F2N5O6S. The molecule has 0 unspecified atom stereocenters. The summed E-state index contributed by atoms with van der Waals surface area (Å²) >= 11 is 0. The fourth-order valence-electron chi connectivity index (χ4n) is 6.04. The third kappa shape index (κ3) is 8.66. The Bertz CT molecular complexity index is 1740. The van der Waals surface area contributed by atoms with E-state index < -0.39 is 57.1 Å². The molecule has 1 aromatic heterocycles. The van der Waals surface area contributed by atoms with Gasteiger partial charge in [-0.3, -0.25) is 9.10 Å². The summed E-state index contributed by atoms with van der Waals surface area (Å²) in [5, 5.41) is 27.3. The van der Waals surface area contributed by atoms with E-state index >= 15 is 0 Å². The van der Waals surface area contributed by atoms with E-state index in [4.69, 9.17) is 4.74 Å². The maximum absolute atomic E-state index is 13.9. The van der Waals surface area contributed by atoms with E-state index in [1.807, 2.05) is 36.2 Å². The van der Waals surface area contributed by atoms with Crippen molar-refractivity contribution in [3.63, 3.8) is 0 Å². The maximum atomic E-state index is 13.9. The molecule has 6 atom stereocenters. The van der Waals surface area contributed by atoms with Crippen LogP contribution in [0, 0.1) is 23.5 Å². The predicted molar refractivity (Wildman–Crippen MR) is 183 cm³/mol. The van der Waals surface area contributed by atoms with Crippen LogP contribution >= 0.6 is 0 Å². The Labute approximate surface area is 286 Å². The topological polar surface area (TPSA) is 144 Å². The van der Waals surface area contributed by atoms with Gasteiger partial charge in [0.25, 0.3) is 5.91 Å². The Morgan fingerprint density at radius 3 is 2.39 bits per heavy atom. The van der Waals surface area contributed by atoms with Gasteiger partial charge in [0, 0.05) is 57.4 Å². The summed E-state index contributed by atoms with van der Waals surface area (Å²) < 4.78 is 60.7. The first-order chi connectivity index (χ1) is 23.1. The summed E-state index contributed by atoms with van der Waals surface area (Å²) in [6, 6.07) is 11.6. The van der Waals surface area contributed by atoms with Crippen molar-refractivity contribution in [2.45, 2.75) is 63.2 Å². The second-order valence-electron chi connectivity index (χ2n) is 13.4. The van der Waals surface area contributed by atoms with Gasteiger partial charge in [-0.2, -0.15) is 0 Å². The standard InChI is InChI=1S/C35H45F2N5O6S/c1-20(2)49(46,47)42(5)33-13-23(12-32(40-33)41(4)18-24-10-21(24)3)35(45)39-29(19-48-27-15-25(36)14-26(37)16-27)31(44)17-38-34-28-9-7-6-8-22(28)11-30(34)43/h6-9,12-16,20-21,24,29-31,34,38,43-44H,10-11,17-19H2,1-5H3,(H,39,45)/t21-,24+,29-,30+,31+,34+/m0/s1. The molecule has 1 heterocycles. The number of hydrogen-bond acceptors (Lipinski definition) is 9. The monoisotopic (exact) mass is 701 g/mol. The number of aliphatic hydroxyl groups excluding tert-OH is 2. The molecule has 11 nitrogen and oxygen atoms in total. The summed E-state index contributed by atoms with van der Waals surface area (Å²) in [6.45, 7) is 5.48. The van der Waals surface area contributed by atoms with Crippen molar-refractivity contribution >= 4 is 27.6 Å². The van der Waals surface area contributed by atoms with Gasteiger partial charge in [-0.25, -0.2) is 22.2 Å². The van der Waals surface area contributed by atoms with Gasteiger partial charge in [0.1, 0.15) is 35.6 Å². The highest BCUT2D eigenvalue weighted by molar-refractivity contribution is 7.93. The highest BCUT2D eigenvalue weighted by atomic mass is 32.2. The quantitative estimate of drug-likeness (QED) is 0.188. The first-order valence-electron chi connectivity index (χ1n) is 16.4. The summed E-state index contributed by atoms with van der Waals surface area (Å²) in [5.74, 6) is -1.05.